The Labute approximate surface area is 196 Å². The molecule has 0 saturated heterocycles. The fraction of sp³-hybridized carbons (Fsp3) is 0.136. The van der Waals surface area contributed by atoms with Gasteiger partial charge in [0.2, 0.25) is 5.88 Å². The summed E-state index contributed by atoms with van der Waals surface area (Å²) in [6.45, 7) is 0.255. The maximum atomic E-state index is 12.8. The van der Waals surface area contributed by atoms with E-state index >= 15 is 0 Å². The number of amides is 2. The van der Waals surface area contributed by atoms with Gasteiger partial charge >= 0.3 is 12.2 Å². The van der Waals surface area contributed by atoms with Crippen LogP contribution in [0, 0.1) is 0 Å². The van der Waals surface area contributed by atoms with E-state index in [4.69, 9.17) is 16.3 Å². The summed E-state index contributed by atoms with van der Waals surface area (Å²) in [6.07, 6.45) is -1.43. The lowest BCUT2D eigenvalue weighted by Crippen LogP contribution is -2.20. The van der Waals surface area contributed by atoms with Crippen LogP contribution in [0.3, 0.4) is 0 Å². The molecule has 8 nitrogen and oxygen atoms in total. The summed E-state index contributed by atoms with van der Waals surface area (Å²) in [5, 5.41) is 14.2. The molecule has 34 heavy (non-hydrogen) atoms. The summed E-state index contributed by atoms with van der Waals surface area (Å²) in [5.41, 5.74) is 0.537. The Balaban J connectivity index is 1.47. The van der Waals surface area contributed by atoms with E-state index in [0.717, 1.165) is 12.1 Å². The molecule has 2 amide bonds. The maximum absolute atomic E-state index is 12.8. The first-order valence-electron chi connectivity index (χ1n) is 9.88. The lowest BCUT2D eigenvalue weighted by molar-refractivity contribution is -0.137. The number of aromatic nitrogens is 3. The Hall–Kier alpha value is -3.83. The van der Waals surface area contributed by atoms with Gasteiger partial charge in [-0.3, -0.25) is 0 Å². The molecule has 2 aromatic carbocycles. The van der Waals surface area contributed by atoms with Crippen LogP contribution in [0.2, 0.25) is 5.02 Å². The molecule has 4 aromatic rings. The van der Waals surface area contributed by atoms with Crippen LogP contribution in [0.1, 0.15) is 5.56 Å². The van der Waals surface area contributed by atoms with Crippen LogP contribution in [-0.4, -0.2) is 32.3 Å². The first-order chi connectivity index (χ1) is 16.2. The fourth-order valence-electron chi connectivity index (χ4n) is 3.20. The maximum Gasteiger partial charge on any atom is 0.416 e. The van der Waals surface area contributed by atoms with Crippen LogP contribution in [0.5, 0.6) is 11.6 Å². The molecule has 0 unspecified atom stereocenters. The van der Waals surface area contributed by atoms with Crippen molar-refractivity contribution in [3.8, 4) is 11.6 Å². The van der Waals surface area contributed by atoms with Crippen LogP contribution < -0.4 is 15.4 Å². The molecule has 176 valence electrons. The molecule has 0 aliphatic rings. The molecule has 0 radical (unpaired) electrons. The summed E-state index contributed by atoms with van der Waals surface area (Å²) in [6, 6.07) is 9.73. The van der Waals surface area contributed by atoms with Crippen LogP contribution in [0.4, 0.5) is 29.3 Å². The Morgan fingerprint density at radius 3 is 2.68 bits per heavy atom. The smallest absolute Gasteiger partial charge is 0.416 e. The molecule has 0 fully saturated rings. The number of nitrogens with zero attached hydrogens (tertiary/aromatic N) is 3. The van der Waals surface area contributed by atoms with E-state index in [-0.39, 0.29) is 28.9 Å². The number of urea groups is 1. The molecule has 2 heterocycles. The van der Waals surface area contributed by atoms with E-state index in [1.807, 2.05) is 0 Å². The molecule has 4 rings (SSSR count). The van der Waals surface area contributed by atoms with Gasteiger partial charge in [-0.1, -0.05) is 17.7 Å². The molecule has 0 bridgehead atoms. The van der Waals surface area contributed by atoms with Gasteiger partial charge in [0.05, 0.1) is 28.4 Å². The summed E-state index contributed by atoms with van der Waals surface area (Å²) < 4.78 is 46.1. The molecule has 2 aromatic heterocycles. The van der Waals surface area contributed by atoms with Crippen molar-refractivity contribution in [1.29, 1.82) is 0 Å². The van der Waals surface area contributed by atoms with Gasteiger partial charge in [-0.15, -0.1) is 0 Å². The molecule has 0 atom stereocenters. The van der Waals surface area contributed by atoms with Gasteiger partial charge in [0, 0.05) is 24.5 Å². The third-order valence-corrected chi connectivity index (χ3v) is 5.02. The first-order valence-corrected chi connectivity index (χ1v) is 10.3. The van der Waals surface area contributed by atoms with Crippen molar-refractivity contribution in [2.45, 2.75) is 12.7 Å². The topological polar surface area (TPSA) is 101 Å². The highest BCUT2D eigenvalue weighted by atomic mass is 35.5. The minimum absolute atomic E-state index is 0.0259. The number of anilines is 2. The molecule has 0 aliphatic carbocycles. The standard InChI is InChI=1S/C22H17ClF3N5O3/c23-16-11-15(34-20-19-18(27-12-28-20)6-7-31(19)8-9-32)4-5-17(16)30-21(33)29-14-3-1-2-13(10-14)22(24,25)26/h1-7,10-12,32H,8-9H2,(H2,29,30,33). The van der Waals surface area contributed by atoms with Gasteiger partial charge in [0.15, 0.2) is 0 Å². The number of aliphatic hydroxyl groups excluding tert-OH is 1. The van der Waals surface area contributed by atoms with Gasteiger partial charge in [-0.25, -0.2) is 9.78 Å². The van der Waals surface area contributed by atoms with Gasteiger partial charge in [-0.2, -0.15) is 18.2 Å². The number of carbonyl (C=O) groups excluding carboxylic acids is 1. The minimum Gasteiger partial charge on any atom is -0.437 e. The molecule has 12 heteroatoms. The normalized spacial score (nSPS) is 11.4. The van der Waals surface area contributed by atoms with Crippen molar-refractivity contribution in [3.63, 3.8) is 0 Å². The lowest BCUT2D eigenvalue weighted by Gasteiger charge is -2.13. The van der Waals surface area contributed by atoms with E-state index in [1.54, 1.807) is 22.9 Å². The van der Waals surface area contributed by atoms with E-state index < -0.39 is 17.8 Å². The molecule has 3 N–H and O–H groups in total. The predicted octanol–water partition coefficient (Wildman–Crippen LogP) is 5.53. The minimum atomic E-state index is -4.53. The van der Waals surface area contributed by atoms with Crippen LogP contribution in [-0.2, 0) is 12.7 Å². The number of nitrogens with one attached hydrogen (secondary N) is 2. The number of hydrogen-bond acceptors (Lipinski definition) is 5. The second-order valence-corrected chi connectivity index (χ2v) is 7.45. The summed E-state index contributed by atoms with van der Waals surface area (Å²) in [4.78, 5) is 20.6. The van der Waals surface area contributed by atoms with Gasteiger partial charge < -0.3 is 25.0 Å². The first kappa shape index (κ1) is 23.3. The number of rotatable bonds is 6. The average molecular weight is 492 g/mol. The zero-order chi connectivity index (χ0) is 24.3. The Bertz CT molecular complexity index is 1340. The Morgan fingerprint density at radius 1 is 1.12 bits per heavy atom. The molecule has 0 saturated carbocycles. The lowest BCUT2D eigenvalue weighted by atomic mass is 10.2. The van der Waals surface area contributed by atoms with E-state index in [1.165, 1.54) is 30.6 Å². The quantitative estimate of drug-likeness (QED) is 0.329. The van der Waals surface area contributed by atoms with Crippen molar-refractivity contribution >= 4 is 40.0 Å². The number of hydrogen-bond donors (Lipinski definition) is 3. The third kappa shape index (κ3) is 5.21. The summed E-state index contributed by atoms with van der Waals surface area (Å²) in [5.74, 6) is 0.577. The highest BCUT2D eigenvalue weighted by Crippen LogP contribution is 2.33. The highest BCUT2D eigenvalue weighted by molar-refractivity contribution is 6.34. The fourth-order valence-corrected chi connectivity index (χ4v) is 3.42. The number of halogens is 4. The highest BCUT2D eigenvalue weighted by Gasteiger charge is 2.30. The van der Waals surface area contributed by atoms with Crippen molar-refractivity contribution < 1.29 is 27.8 Å². The van der Waals surface area contributed by atoms with Crippen LogP contribution in [0.25, 0.3) is 11.0 Å². The number of benzene rings is 2. The molecule has 0 aliphatic heterocycles. The van der Waals surface area contributed by atoms with Crippen molar-refractivity contribution in [3.05, 3.63) is 71.6 Å². The van der Waals surface area contributed by atoms with Crippen molar-refractivity contribution in [1.82, 2.24) is 14.5 Å². The monoisotopic (exact) mass is 491 g/mol. The van der Waals surface area contributed by atoms with Crippen molar-refractivity contribution in [2.75, 3.05) is 17.2 Å². The zero-order valence-electron chi connectivity index (χ0n) is 17.3. The largest absolute Gasteiger partial charge is 0.437 e. The Kier molecular flexibility index (Phi) is 6.57. The summed E-state index contributed by atoms with van der Waals surface area (Å²) in [7, 11) is 0. The molecular formula is C22H17ClF3N5O3. The van der Waals surface area contributed by atoms with Gasteiger partial charge in [-0.05, 0) is 36.4 Å². The van der Waals surface area contributed by atoms with Crippen LogP contribution >= 0.6 is 11.6 Å². The SMILES string of the molecule is O=C(Nc1cccc(C(F)(F)F)c1)Nc1ccc(Oc2ncnc3ccn(CCO)c23)cc1Cl. The van der Waals surface area contributed by atoms with Crippen LogP contribution in [0.15, 0.2) is 61.1 Å². The Morgan fingerprint density at radius 2 is 1.94 bits per heavy atom. The second-order valence-electron chi connectivity index (χ2n) is 7.05. The van der Waals surface area contributed by atoms with E-state index in [2.05, 4.69) is 20.6 Å². The second kappa shape index (κ2) is 9.57. The molecular weight excluding hydrogens is 475 g/mol. The van der Waals surface area contributed by atoms with E-state index in [9.17, 15) is 23.1 Å². The molecule has 0 spiro atoms. The van der Waals surface area contributed by atoms with Gasteiger partial charge in [0.1, 0.15) is 17.6 Å². The van der Waals surface area contributed by atoms with Crippen molar-refractivity contribution in [2.24, 2.45) is 0 Å². The number of alkyl halides is 3. The number of carbonyl (C=O) groups is 1. The number of fused-ring (bicyclic) bond motifs is 1. The zero-order valence-corrected chi connectivity index (χ0v) is 18.1. The number of ether oxygens (including phenoxy) is 1. The van der Waals surface area contributed by atoms with E-state index in [0.29, 0.717) is 23.3 Å². The third-order valence-electron chi connectivity index (χ3n) is 4.71. The van der Waals surface area contributed by atoms with Gasteiger partial charge in [0.25, 0.3) is 0 Å². The summed E-state index contributed by atoms with van der Waals surface area (Å²) >= 11 is 6.26. The predicted molar refractivity (Wildman–Crippen MR) is 120 cm³/mol. The average Bonchev–Trinajstić information content (AvgIpc) is 3.19. The number of aliphatic hydroxyl groups is 1.